The number of hydrogen-bond acceptors (Lipinski definition) is 0. The van der Waals surface area contributed by atoms with Crippen LogP contribution < -0.4 is 0 Å². The fourth-order valence-corrected chi connectivity index (χ4v) is 0. The van der Waals surface area contributed by atoms with E-state index in [1.165, 1.54) is 0 Å². The molecule has 0 N–H and O–H groups in total. The molecule has 0 saturated heterocycles. The van der Waals surface area contributed by atoms with Crippen molar-refractivity contribution >= 4 is 36.2 Å². The second-order valence-corrected chi connectivity index (χ2v) is 0. The summed E-state index contributed by atoms with van der Waals surface area (Å²) in [6.45, 7) is 0. The van der Waals surface area contributed by atoms with Gasteiger partial charge in [0.15, 0.2) is 17.4 Å². The van der Waals surface area contributed by atoms with Gasteiger partial charge in [-0.05, 0) is 0 Å². The van der Waals surface area contributed by atoms with Crippen LogP contribution in [-0.4, -0.2) is 36.2 Å². The number of rotatable bonds is 0. The Bertz CT molecular complexity index is 8.00. The smallest absolute Gasteiger partial charge is 0 e. The van der Waals surface area contributed by atoms with Crippen LogP contribution >= 0.6 is 0 Å². The molecule has 0 aromatic rings. The average Bonchev–Trinajstić information content (AvgIpc) is 0. The molecule has 23 valence electrons. The maximum Gasteiger partial charge on any atom is 0 e. The van der Waals surface area contributed by atoms with Crippen LogP contribution in [-0.2, 0) is 44.1 Å². The van der Waals surface area contributed by atoms with E-state index in [-0.39, 0.29) is 80.3 Å². The SMILES string of the molecule is [Ag].[AlH3].[LiH].[Ti]. The summed E-state index contributed by atoms with van der Waals surface area (Å²) in [6, 6.07) is 0. The van der Waals surface area contributed by atoms with E-state index in [2.05, 4.69) is 0 Å². The zero-order valence-electron chi connectivity index (χ0n) is 0.802. The quantitative estimate of drug-likeness (QED) is 0.397. The van der Waals surface area contributed by atoms with Gasteiger partial charge in [-0.3, -0.25) is 0 Å². The molecule has 1 radical (unpaired) electrons. The van der Waals surface area contributed by atoms with E-state index in [0.29, 0.717) is 0 Å². The zero-order valence-corrected chi connectivity index (χ0v) is 3.85. The molecule has 0 spiro atoms. The molecule has 0 rings (SSSR count). The Morgan fingerprint density at radius 1 is 1.00 bits per heavy atom. The molecule has 0 fully saturated rings. The first kappa shape index (κ1) is 30.7. The molecule has 0 saturated carbocycles. The van der Waals surface area contributed by atoms with E-state index < -0.39 is 0 Å². The van der Waals surface area contributed by atoms with Gasteiger partial charge in [0.25, 0.3) is 0 Å². The van der Waals surface area contributed by atoms with Crippen LogP contribution in [0, 0.1) is 0 Å². The molecule has 0 aliphatic carbocycles. The van der Waals surface area contributed by atoms with Gasteiger partial charge < -0.3 is 0 Å². The maximum atomic E-state index is 0. The minimum atomic E-state index is 0. The first-order chi connectivity index (χ1) is 0. The van der Waals surface area contributed by atoms with Crippen LogP contribution in [0.1, 0.15) is 0 Å². The molecular weight excluding hydrogens is 190 g/mol. The van der Waals surface area contributed by atoms with Crippen LogP contribution in [0.4, 0.5) is 0 Å². The third-order valence-electron chi connectivity index (χ3n) is 0. The van der Waals surface area contributed by atoms with Crippen molar-refractivity contribution in [2.75, 3.05) is 0 Å². The van der Waals surface area contributed by atoms with Gasteiger partial charge in [0.2, 0.25) is 0 Å². The van der Waals surface area contributed by atoms with E-state index in [0.717, 1.165) is 0 Å². The minimum absolute atomic E-state index is 0. The Morgan fingerprint density at radius 3 is 1.00 bits per heavy atom. The van der Waals surface area contributed by atoms with Crippen LogP contribution in [0.3, 0.4) is 0 Å². The van der Waals surface area contributed by atoms with Gasteiger partial charge in [-0.25, -0.2) is 0 Å². The summed E-state index contributed by atoms with van der Waals surface area (Å²) >= 11 is 0. The Hall–Kier alpha value is 2.58. The maximum absolute atomic E-state index is 0. The molecule has 0 aliphatic heterocycles. The monoisotopic (exact) mass is 193 g/mol. The van der Waals surface area contributed by atoms with Crippen LogP contribution in [0.15, 0.2) is 0 Å². The molecule has 0 amide bonds. The molecule has 4 heavy (non-hydrogen) atoms. The average molecular weight is 194 g/mol. The van der Waals surface area contributed by atoms with Gasteiger partial charge in [-0.15, -0.1) is 0 Å². The van der Waals surface area contributed by atoms with Crippen molar-refractivity contribution in [3.63, 3.8) is 0 Å². The first-order valence-corrected chi connectivity index (χ1v) is 0. The first-order valence-electron chi connectivity index (χ1n) is 0. The molecule has 0 atom stereocenters. The van der Waals surface area contributed by atoms with Crippen molar-refractivity contribution in [2.24, 2.45) is 0 Å². The molecule has 0 heterocycles. The summed E-state index contributed by atoms with van der Waals surface area (Å²) in [5, 5.41) is 0. The van der Waals surface area contributed by atoms with E-state index >= 15 is 0 Å². The molecule has 0 aliphatic rings. The summed E-state index contributed by atoms with van der Waals surface area (Å²) in [5.41, 5.74) is 0. The standard InChI is InChI=1S/Ag.Al.Li.Ti.4H. The Labute approximate surface area is 79.2 Å². The minimum Gasteiger partial charge on any atom is 0 e. The van der Waals surface area contributed by atoms with Crippen LogP contribution in [0.25, 0.3) is 0 Å². The summed E-state index contributed by atoms with van der Waals surface area (Å²) < 4.78 is 0. The van der Waals surface area contributed by atoms with Crippen LogP contribution in [0.5, 0.6) is 0 Å². The van der Waals surface area contributed by atoms with E-state index in [9.17, 15) is 0 Å². The van der Waals surface area contributed by atoms with E-state index in [4.69, 9.17) is 0 Å². The Kier molecular flexibility index (Phi) is 135. The fourth-order valence-electron chi connectivity index (χ4n) is 0. The Morgan fingerprint density at radius 2 is 1.00 bits per heavy atom. The van der Waals surface area contributed by atoms with Gasteiger partial charge in [-0.2, -0.15) is 0 Å². The van der Waals surface area contributed by atoms with Crippen molar-refractivity contribution in [2.45, 2.75) is 0 Å². The normalized spacial score (nSPS) is 0. The predicted molar refractivity (Wildman–Crippen MR) is 17.1 cm³/mol. The Balaban J connectivity index is 0. The topological polar surface area (TPSA) is 0 Å². The summed E-state index contributed by atoms with van der Waals surface area (Å²) in [4.78, 5) is 0. The molecule has 0 bridgehead atoms. The van der Waals surface area contributed by atoms with Crippen molar-refractivity contribution < 1.29 is 44.1 Å². The van der Waals surface area contributed by atoms with Crippen molar-refractivity contribution in [1.82, 2.24) is 0 Å². The fraction of sp³-hybridized carbons (Fsp3) is 0. The zero-order chi connectivity index (χ0) is 0. The molecule has 0 aromatic carbocycles. The second kappa shape index (κ2) is 17.6. The largest absolute Gasteiger partial charge is 0 e. The van der Waals surface area contributed by atoms with E-state index in [1.807, 2.05) is 0 Å². The number of hydrogen-bond donors (Lipinski definition) is 0. The second-order valence-electron chi connectivity index (χ2n) is 0. The molecule has 0 nitrogen and oxygen atoms in total. The summed E-state index contributed by atoms with van der Waals surface area (Å²) in [6.07, 6.45) is 0. The van der Waals surface area contributed by atoms with Gasteiger partial charge in [0, 0.05) is 44.1 Å². The third-order valence-corrected chi connectivity index (χ3v) is 0. The van der Waals surface area contributed by atoms with Crippen LogP contribution in [0.2, 0.25) is 0 Å². The van der Waals surface area contributed by atoms with Crippen molar-refractivity contribution in [3.8, 4) is 0 Å². The molecule has 4 heteroatoms. The van der Waals surface area contributed by atoms with Crippen molar-refractivity contribution in [3.05, 3.63) is 0 Å². The predicted octanol–water partition coefficient (Wildman–Crippen LogP) is -1.84. The third kappa shape index (κ3) is 8.82. The van der Waals surface area contributed by atoms with Crippen molar-refractivity contribution in [1.29, 1.82) is 0 Å². The molecule has 0 aromatic heterocycles. The van der Waals surface area contributed by atoms with E-state index in [1.54, 1.807) is 0 Å². The van der Waals surface area contributed by atoms with Gasteiger partial charge in [0.05, 0.1) is 0 Å². The molecular formula is H4AgAlLiTi. The summed E-state index contributed by atoms with van der Waals surface area (Å²) in [7, 11) is 0. The summed E-state index contributed by atoms with van der Waals surface area (Å²) in [5.74, 6) is 0. The molecule has 0 unspecified atom stereocenters. The van der Waals surface area contributed by atoms with Gasteiger partial charge in [0.1, 0.15) is 0 Å². The van der Waals surface area contributed by atoms with Gasteiger partial charge in [-0.1, -0.05) is 0 Å². The van der Waals surface area contributed by atoms with Gasteiger partial charge >= 0.3 is 18.9 Å².